The van der Waals surface area contributed by atoms with Crippen molar-refractivity contribution in [2.24, 2.45) is 11.8 Å². The molecule has 2 aromatic rings. The number of piperidine rings is 2. The molecule has 10 nitrogen and oxygen atoms in total. The van der Waals surface area contributed by atoms with Crippen LogP contribution in [0.1, 0.15) is 65.5 Å². The predicted octanol–water partition coefficient (Wildman–Crippen LogP) is 7.56. The SMILES string of the molecule is CC(C)(C)OC(=O)N1C[C@@]2(c3cc(Cl)ccc3F)C[C@H]2C1C(=O)C=[N+]=N.CC(C)(C)OC(=O)N1C[C@@]2(c3cc(Cl)ccc3F)C[C@H]2C1C(=O)CBr. The number of fused-ring (bicyclic) bond motifs is 2. The fourth-order valence-corrected chi connectivity index (χ4v) is 8.29. The van der Waals surface area contributed by atoms with Crippen LogP contribution in [0.2, 0.25) is 10.0 Å². The summed E-state index contributed by atoms with van der Waals surface area (Å²) in [5.74, 6) is -1.70. The normalized spacial score (nSPS) is 27.3. The third kappa shape index (κ3) is 7.72. The monoisotopic (exact) mass is 811 g/mol. The van der Waals surface area contributed by atoms with Crippen molar-refractivity contribution in [2.45, 2.75) is 88.5 Å². The average Bonchev–Trinajstić information content (AvgIpc) is 3.86. The van der Waals surface area contributed by atoms with E-state index < -0.39 is 57.9 Å². The number of halogens is 5. The fourth-order valence-electron chi connectivity index (χ4n) is 7.61. The van der Waals surface area contributed by atoms with E-state index in [1.54, 1.807) is 53.7 Å². The first-order valence-corrected chi connectivity index (χ1v) is 18.3. The molecule has 2 aromatic carbocycles. The lowest BCUT2D eigenvalue weighted by molar-refractivity contribution is -0.134. The summed E-state index contributed by atoms with van der Waals surface area (Å²) in [4.78, 5) is 55.9. The second-order valence-electron chi connectivity index (χ2n) is 15.5. The standard InChI is InChI=1S/C18H20BrClFNO3.C18H20ClFN3O3/c1-17(2,3)25-16(24)22-9-18(7-12(18)15(22)14(23)8-19)11-6-10(20)4-5-13(11)21;1-17(2,3)26-16(25)23-9-18(11-6-10(19)4-5-13(11)20)7-12(18)15(23)14(24)8-22-21/h4-6,12,15H,7-9H2,1-3H3;4-6,8,12,15,21H,7,9H2,1-3H3/q;+1/t2*12-,15?,18+/m00/s1. The number of carbonyl (C=O) groups excluding carboxylic acids is 4. The summed E-state index contributed by atoms with van der Waals surface area (Å²) in [5, 5.41) is 0.977. The minimum atomic E-state index is -0.822. The maximum absolute atomic E-state index is 14.4. The number of ether oxygens (including phenoxy) is 2. The highest BCUT2D eigenvalue weighted by atomic mass is 79.9. The minimum absolute atomic E-state index is 0.0994. The maximum atomic E-state index is 14.4. The Bertz CT molecular complexity index is 1830. The summed E-state index contributed by atoms with van der Waals surface area (Å²) < 4.78 is 39.7. The third-order valence-corrected chi connectivity index (χ3v) is 10.8. The summed E-state index contributed by atoms with van der Waals surface area (Å²) in [6, 6.07) is 7.31. The van der Waals surface area contributed by atoms with Crippen LogP contribution in [0.3, 0.4) is 0 Å². The molecule has 2 saturated carbocycles. The van der Waals surface area contributed by atoms with E-state index >= 15 is 0 Å². The lowest BCUT2D eigenvalue weighted by atomic mass is 9.93. The van der Waals surface area contributed by atoms with E-state index in [1.165, 1.54) is 34.1 Å². The Kier molecular flexibility index (Phi) is 10.6. The first-order chi connectivity index (χ1) is 23.7. The van der Waals surface area contributed by atoms with Crippen LogP contribution in [0.5, 0.6) is 0 Å². The smallest absolute Gasteiger partial charge is 0.410 e. The van der Waals surface area contributed by atoms with E-state index in [2.05, 4.69) is 20.7 Å². The van der Waals surface area contributed by atoms with Gasteiger partial charge in [-0.2, -0.15) is 0 Å². The number of rotatable bonds is 6. The molecule has 0 radical (unpaired) electrons. The Morgan fingerprint density at radius 3 is 1.65 bits per heavy atom. The maximum Gasteiger partial charge on any atom is 0.410 e. The van der Waals surface area contributed by atoms with E-state index in [0.29, 0.717) is 34.0 Å². The van der Waals surface area contributed by atoms with Crippen LogP contribution in [0.15, 0.2) is 36.4 Å². The largest absolute Gasteiger partial charge is 0.444 e. The molecule has 1 N–H and O–H groups in total. The second kappa shape index (κ2) is 13.9. The molecular formula is C36H40BrCl2F2N4O6+. The molecular weight excluding hydrogens is 773 g/mol. The van der Waals surface area contributed by atoms with Crippen molar-refractivity contribution in [3.05, 3.63) is 69.2 Å². The quantitative estimate of drug-likeness (QED) is 0.139. The van der Waals surface area contributed by atoms with Gasteiger partial charge in [0.1, 0.15) is 28.9 Å². The zero-order valence-corrected chi connectivity index (χ0v) is 32.2. The van der Waals surface area contributed by atoms with Crippen molar-refractivity contribution < 1.29 is 42.2 Å². The lowest BCUT2D eigenvalue weighted by Gasteiger charge is -2.30. The van der Waals surface area contributed by atoms with Crippen molar-refractivity contribution in [3.8, 4) is 0 Å². The molecule has 4 aliphatic rings. The molecule has 2 aliphatic carbocycles. The van der Waals surface area contributed by atoms with Gasteiger partial charge >= 0.3 is 18.4 Å². The summed E-state index contributed by atoms with van der Waals surface area (Å²) in [5.41, 5.74) is 5.17. The second-order valence-corrected chi connectivity index (χ2v) is 17.0. The molecule has 0 bridgehead atoms. The molecule has 2 aliphatic heterocycles. The molecule has 2 amide bonds. The van der Waals surface area contributed by atoms with Gasteiger partial charge in [-0.3, -0.25) is 19.4 Å². The van der Waals surface area contributed by atoms with Crippen LogP contribution in [0.4, 0.5) is 18.4 Å². The van der Waals surface area contributed by atoms with Crippen LogP contribution in [-0.2, 0) is 29.9 Å². The predicted molar refractivity (Wildman–Crippen MR) is 189 cm³/mol. The molecule has 274 valence electrons. The minimum Gasteiger partial charge on any atom is -0.444 e. The molecule has 15 heteroatoms. The zero-order chi connectivity index (χ0) is 37.8. The van der Waals surface area contributed by atoms with Crippen molar-refractivity contribution in [2.75, 3.05) is 18.4 Å². The van der Waals surface area contributed by atoms with Crippen molar-refractivity contribution in [1.82, 2.24) is 9.80 Å². The van der Waals surface area contributed by atoms with E-state index in [-0.39, 0.29) is 41.9 Å². The number of benzene rings is 2. The van der Waals surface area contributed by atoms with E-state index in [4.69, 9.17) is 38.2 Å². The third-order valence-electron chi connectivity index (χ3n) is 9.74. The number of ketones is 2. The summed E-state index contributed by atoms with van der Waals surface area (Å²) >= 11 is 15.3. The van der Waals surface area contributed by atoms with Gasteiger partial charge in [0.25, 0.3) is 5.78 Å². The molecule has 2 unspecified atom stereocenters. The van der Waals surface area contributed by atoms with Gasteiger partial charge in [0.15, 0.2) is 5.78 Å². The van der Waals surface area contributed by atoms with Crippen LogP contribution in [0, 0.1) is 29.0 Å². The Labute approximate surface area is 313 Å². The van der Waals surface area contributed by atoms with Crippen molar-refractivity contribution in [1.29, 1.82) is 5.53 Å². The number of nitrogens with one attached hydrogen (secondary N) is 1. The number of likely N-dealkylation sites (tertiary alicyclic amines) is 2. The number of carbonyl (C=O) groups is 4. The fraction of sp³-hybridized carbons (Fsp3) is 0.528. The van der Waals surface area contributed by atoms with Crippen molar-refractivity contribution in [3.63, 3.8) is 0 Å². The Hall–Kier alpha value is -3.38. The van der Waals surface area contributed by atoms with Gasteiger partial charge in [-0.15, -0.1) is 0 Å². The van der Waals surface area contributed by atoms with Crippen molar-refractivity contribution >= 4 is 69.1 Å². The number of hydrogen-bond acceptors (Lipinski definition) is 7. The van der Waals surface area contributed by atoms with Gasteiger partial charge in [0, 0.05) is 34.0 Å². The Morgan fingerprint density at radius 2 is 1.25 bits per heavy atom. The van der Waals surface area contributed by atoms with Gasteiger partial charge in [-0.05, 0) is 114 Å². The van der Waals surface area contributed by atoms with Crippen LogP contribution < -0.4 is 0 Å². The van der Waals surface area contributed by atoms with Crippen LogP contribution in [-0.4, -0.2) is 86.3 Å². The molecule has 2 heterocycles. The molecule has 6 atom stereocenters. The number of amides is 2. The number of hydrogen-bond donors (Lipinski definition) is 1. The molecule has 0 spiro atoms. The van der Waals surface area contributed by atoms with E-state index in [0.717, 1.165) is 6.21 Å². The van der Waals surface area contributed by atoms with E-state index in [1.807, 2.05) is 0 Å². The van der Waals surface area contributed by atoms with Gasteiger partial charge in [0.05, 0.1) is 21.7 Å². The highest BCUT2D eigenvalue weighted by Crippen LogP contribution is 2.64. The van der Waals surface area contributed by atoms with Gasteiger partial charge in [-0.1, -0.05) is 39.1 Å². The van der Waals surface area contributed by atoms with Gasteiger partial charge in [-0.25, -0.2) is 18.4 Å². The topological polar surface area (TPSA) is 131 Å². The number of nitrogens with zero attached hydrogens (tertiary/aromatic N) is 3. The molecule has 2 saturated heterocycles. The summed E-state index contributed by atoms with van der Waals surface area (Å²) in [7, 11) is 0. The van der Waals surface area contributed by atoms with E-state index in [9.17, 15) is 28.0 Å². The Morgan fingerprint density at radius 1 is 0.843 bits per heavy atom. The molecule has 6 rings (SSSR count). The zero-order valence-electron chi connectivity index (χ0n) is 29.1. The van der Waals surface area contributed by atoms with Gasteiger partial charge < -0.3 is 9.47 Å². The molecule has 51 heavy (non-hydrogen) atoms. The Balaban J connectivity index is 0.000000198. The number of alkyl halides is 1. The molecule has 4 fully saturated rings. The number of Topliss-reactive ketones (excluding diaryl/α,β-unsaturated/α-hetero) is 2. The van der Waals surface area contributed by atoms with Gasteiger partial charge in [0.2, 0.25) is 0 Å². The first-order valence-electron chi connectivity index (χ1n) is 16.4. The first kappa shape index (κ1) is 38.8. The molecule has 0 aromatic heterocycles. The average molecular weight is 814 g/mol. The summed E-state index contributed by atoms with van der Waals surface area (Å²) in [6.07, 6.45) is 0.924. The summed E-state index contributed by atoms with van der Waals surface area (Å²) in [6.45, 7) is 10.9. The lowest BCUT2D eigenvalue weighted by Crippen LogP contribution is -2.46. The highest BCUT2D eigenvalue weighted by molar-refractivity contribution is 9.09. The highest BCUT2D eigenvalue weighted by Gasteiger charge is 2.70. The van der Waals surface area contributed by atoms with Crippen LogP contribution in [0.25, 0.3) is 0 Å². The van der Waals surface area contributed by atoms with Crippen LogP contribution >= 0.6 is 39.1 Å².